The van der Waals surface area contributed by atoms with Crippen molar-refractivity contribution in [2.24, 2.45) is 5.92 Å². The molecule has 9 heteroatoms. The van der Waals surface area contributed by atoms with Gasteiger partial charge in [-0.2, -0.15) is 4.31 Å². The number of hydrogen-bond acceptors (Lipinski definition) is 4. The van der Waals surface area contributed by atoms with Crippen molar-refractivity contribution >= 4 is 21.6 Å². The van der Waals surface area contributed by atoms with Gasteiger partial charge in [-0.1, -0.05) is 0 Å². The summed E-state index contributed by atoms with van der Waals surface area (Å²) in [6.07, 6.45) is 0.669. The Kier molecular flexibility index (Phi) is 6.18. The van der Waals surface area contributed by atoms with Gasteiger partial charge in [0.15, 0.2) is 0 Å². The summed E-state index contributed by atoms with van der Waals surface area (Å²) >= 11 is 0. The summed E-state index contributed by atoms with van der Waals surface area (Å²) in [6.45, 7) is 0.269. The smallest absolute Gasteiger partial charge is 0.246 e. The summed E-state index contributed by atoms with van der Waals surface area (Å²) in [7, 11) is -1.02. The van der Waals surface area contributed by atoms with Gasteiger partial charge in [0, 0.05) is 31.7 Å². The number of methoxy groups -OCH3 is 1. The lowest BCUT2D eigenvalue weighted by molar-refractivity contribution is -0.123. The molecule has 6 nitrogen and oxygen atoms in total. The fourth-order valence-electron chi connectivity index (χ4n) is 3.40. The van der Waals surface area contributed by atoms with Crippen LogP contribution in [-0.2, 0) is 14.8 Å². The highest BCUT2D eigenvalue weighted by molar-refractivity contribution is 7.89. The number of carbonyl (C=O) groups excluding carboxylic acids is 1. The second-order valence-corrected chi connectivity index (χ2v) is 8.75. The molecule has 1 amide bonds. The third kappa shape index (κ3) is 4.40. The zero-order valence-electron chi connectivity index (χ0n) is 16.1. The maximum atomic E-state index is 13.6. The molecule has 0 N–H and O–H groups in total. The molecule has 0 aliphatic carbocycles. The second-order valence-electron chi connectivity index (χ2n) is 6.85. The van der Waals surface area contributed by atoms with Gasteiger partial charge in [0.05, 0.1) is 7.11 Å². The van der Waals surface area contributed by atoms with Gasteiger partial charge in [0.1, 0.15) is 22.3 Å². The Bertz CT molecular complexity index is 988. The van der Waals surface area contributed by atoms with Crippen LogP contribution in [0, 0.1) is 17.6 Å². The number of amides is 1. The van der Waals surface area contributed by atoms with Crippen LogP contribution < -0.4 is 9.64 Å². The molecular formula is C20H22F2N2O4S. The van der Waals surface area contributed by atoms with Gasteiger partial charge >= 0.3 is 0 Å². The molecule has 1 fully saturated rings. The number of rotatable bonds is 5. The molecule has 0 aromatic heterocycles. The molecule has 0 unspecified atom stereocenters. The number of benzene rings is 2. The average molecular weight is 424 g/mol. The van der Waals surface area contributed by atoms with Crippen molar-refractivity contribution in [1.29, 1.82) is 0 Å². The van der Waals surface area contributed by atoms with Crippen molar-refractivity contribution in [1.82, 2.24) is 4.31 Å². The number of nitrogens with zero attached hydrogens (tertiary/aromatic N) is 2. The van der Waals surface area contributed by atoms with Crippen molar-refractivity contribution in [2.75, 3.05) is 32.1 Å². The minimum absolute atomic E-state index is 0.0700. The number of piperidine rings is 1. The van der Waals surface area contributed by atoms with Crippen LogP contribution in [0.25, 0.3) is 0 Å². The van der Waals surface area contributed by atoms with E-state index in [-0.39, 0.29) is 41.4 Å². The predicted molar refractivity (Wildman–Crippen MR) is 104 cm³/mol. The first-order valence-corrected chi connectivity index (χ1v) is 10.5. The average Bonchev–Trinajstić information content (AvgIpc) is 2.73. The molecule has 2 aromatic rings. The van der Waals surface area contributed by atoms with Crippen LogP contribution in [0.3, 0.4) is 0 Å². The first-order valence-electron chi connectivity index (χ1n) is 9.11. The number of ether oxygens (including phenoxy) is 1. The Morgan fingerprint density at radius 2 is 1.66 bits per heavy atom. The van der Waals surface area contributed by atoms with E-state index in [4.69, 9.17) is 4.74 Å². The molecule has 3 rings (SSSR count). The van der Waals surface area contributed by atoms with Crippen LogP contribution in [0.15, 0.2) is 47.4 Å². The molecule has 1 heterocycles. The standard InChI is InChI=1S/C20H22F2N2O4S/c1-23(17-6-3-15(21)4-7-17)20(25)14-9-11-24(12-10-14)29(26,27)19-13-16(22)5-8-18(19)28-2/h3-8,13-14H,9-12H2,1-2H3. The monoisotopic (exact) mass is 424 g/mol. The predicted octanol–water partition coefficient (Wildman–Crippen LogP) is 3.04. The summed E-state index contributed by atoms with van der Waals surface area (Å²) in [4.78, 5) is 14.0. The Labute approximate surface area is 168 Å². The molecule has 0 bridgehead atoms. The minimum atomic E-state index is -3.95. The molecule has 0 spiro atoms. The fraction of sp³-hybridized carbons (Fsp3) is 0.350. The van der Waals surface area contributed by atoms with Crippen LogP contribution in [0.4, 0.5) is 14.5 Å². The second kappa shape index (κ2) is 8.46. The minimum Gasteiger partial charge on any atom is -0.495 e. The van der Waals surface area contributed by atoms with E-state index < -0.39 is 15.8 Å². The number of carbonyl (C=O) groups is 1. The zero-order chi connectivity index (χ0) is 21.2. The molecule has 1 saturated heterocycles. The molecule has 1 aliphatic heterocycles. The Morgan fingerprint density at radius 3 is 2.24 bits per heavy atom. The maximum absolute atomic E-state index is 13.6. The lowest BCUT2D eigenvalue weighted by atomic mass is 9.96. The van der Waals surface area contributed by atoms with E-state index in [9.17, 15) is 22.0 Å². The van der Waals surface area contributed by atoms with Crippen molar-refractivity contribution in [3.8, 4) is 5.75 Å². The molecule has 0 atom stereocenters. The molecular weight excluding hydrogens is 402 g/mol. The van der Waals surface area contributed by atoms with Gasteiger partial charge in [-0.25, -0.2) is 17.2 Å². The van der Waals surface area contributed by atoms with Gasteiger partial charge < -0.3 is 9.64 Å². The first-order chi connectivity index (χ1) is 13.7. The molecule has 29 heavy (non-hydrogen) atoms. The fourth-order valence-corrected chi connectivity index (χ4v) is 5.04. The van der Waals surface area contributed by atoms with Gasteiger partial charge in [-0.15, -0.1) is 0 Å². The Morgan fingerprint density at radius 1 is 1.07 bits per heavy atom. The number of anilines is 1. The zero-order valence-corrected chi connectivity index (χ0v) is 17.0. The lowest BCUT2D eigenvalue weighted by Gasteiger charge is -2.32. The van der Waals surface area contributed by atoms with Crippen LogP contribution in [0.2, 0.25) is 0 Å². The Balaban J connectivity index is 1.70. The van der Waals surface area contributed by atoms with Crippen LogP contribution in [0.5, 0.6) is 5.75 Å². The van der Waals surface area contributed by atoms with E-state index in [1.807, 2.05) is 0 Å². The van der Waals surface area contributed by atoms with E-state index in [2.05, 4.69) is 0 Å². The number of hydrogen-bond donors (Lipinski definition) is 0. The van der Waals surface area contributed by atoms with E-state index in [0.717, 1.165) is 12.1 Å². The van der Waals surface area contributed by atoms with Crippen molar-refractivity contribution in [3.63, 3.8) is 0 Å². The van der Waals surface area contributed by atoms with Gasteiger partial charge in [0.25, 0.3) is 0 Å². The highest BCUT2D eigenvalue weighted by Gasteiger charge is 2.35. The van der Waals surface area contributed by atoms with E-state index in [0.29, 0.717) is 18.5 Å². The summed E-state index contributed by atoms with van der Waals surface area (Å²) < 4.78 is 58.9. The molecule has 0 radical (unpaired) electrons. The van der Waals surface area contributed by atoms with Crippen molar-refractivity contribution in [3.05, 3.63) is 54.1 Å². The maximum Gasteiger partial charge on any atom is 0.246 e. The van der Waals surface area contributed by atoms with E-state index >= 15 is 0 Å². The number of halogens is 2. The van der Waals surface area contributed by atoms with Gasteiger partial charge in [-0.05, 0) is 55.3 Å². The van der Waals surface area contributed by atoms with Crippen LogP contribution in [0.1, 0.15) is 12.8 Å². The van der Waals surface area contributed by atoms with Gasteiger partial charge in [-0.3, -0.25) is 4.79 Å². The molecule has 1 aliphatic rings. The number of sulfonamides is 1. The SMILES string of the molecule is COc1ccc(F)cc1S(=O)(=O)N1CCC(C(=O)N(C)c2ccc(F)cc2)CC1. The van der Waals surface area contributed by atoms with E-state index in [1.165, 1.54) is 46.6 Å². The van der Waals surface area contributed by atoms with Gasteiger partial charge in [0.2, 0.25) is 15.9 Å². The van der Waals surface area contributed by atoms with E-state index in [1.54, 1.807) is 7.05 Å². The van der Waals surface area contributed by atoms with Crippen LogP contribution in [-0.4, -0.2) is 45.9 Å². The molecule has 156 valence electrons. The normalized spacial score (nSPS) is 15.9. The first kappa shape index (κ1) is 21.2. The summed E-state index contributed by atoms with van der Waals surface area (Å²) in [5, 5.41) is 0. The third-order valence-electron chi connectivity index (χ3n) is 5.09. The van der Waals surface area contributed by atoms with Crippen molar-refractivity contribution < 1.29 is 26.7 Å². The highest BCUT2D eigenvalue weighted by Crippen LogP contribution is 2.31. The van der Waals surface area contributed by atoms with Crippen molar-refractivity contribution in [2.45, 2.75) is 17.7 Å². The van der Waals surface area contributed by atoms with Crippen LogP contribution >= 0.6 is 0 Å². The summed E-state index contributed by atoms with van der Waals surface area (Å²) in [5.74, 6) is -1.50. The molecule has 0 saturated carbocycles. The highest BCUT2D eigenvalue weighted by atomic mass is 32.2. The molecule has 2 aromatic carbocycles. The summed E-state index contributed by atoms with van der Waals surface area (Å²) in [6, 6.07) is 8.94. The quantitative estimate of drug-likeness (QED) is 0.740. The lowest BCUT2D eigenvalue weighted by Crippen LogP contribution is -2.43. The summed E-state index contributed by atoms with van der Waals surface area (Å²) in [5.41, 5.74) is 0.566. The topological polar surface area (TPSA) is 66.9 Å². The Hall–Kier alpha value is -2.52. The third-order valence-corrected chi connectivity index (χ3v) is 7.01. The largest absolute Gasteiger partial charge is 0.495 e.